The fourth-order valence-corrected chi connectivity index (χ4v) is 5.15. The van der Waals surface area contributed by atoms with Gasteiger partial charge in [-0.05, 0) is 71.8 Å². The number of hydrogen-bond acceptors (Lipinski definition) is 9. The van der Waals surface area contributed by atoms with Crippen LogP contribution >= 0.6 is 11.8 Å². The van der Waals surface area contributed by atoms with Crippen molar-refractivity contribution >= 4 is 52.2 Å². The number of nitrogens with one attached hydrogen (secondary N) is 2. The van der Waals surface area contributed by atoms with Gasteiger partial charge in [-0.3, -0.25) is 24.1 Å². The van der Waals surface area contributed by atoms with Crippen molar-refractivity contribution in [2.45, 2.75) is 13.3 Å². The van der Waals surface area contributed by atoms with Gasteiger partial charge in [0.25, 0.3) is 17.1 Å². The number of nitrogens with zero attached hydrogens (tertiary/aromatic N) is 1. The fraction of sp³-hybridized carbons (Fsp3) is 0.226. The summed E-state index contributed by atoms with van der Waals surface area (Å²) in [6.45, 7) is 2.22. The van der Waals surface area contributed by atoms with Crippen LogP contribution in [0.25, 0.3) is 6.08 Å². The van der Waals surface area contributed by atoms with E-state index in [4.69, 9.17) is 18.9 Å². The Morgan fingerprint density at radius 3 is 2.37 bits per heavy atom. The quantitative estimate of drug-likeness (QED) is 0.316. The molecule has 3 aromatic rings. The second kappa shape index (κ2) is 13.3. The van der Waals surface area contributed by atoms with Crippen molar-refractivity contribution in [3.8, 4) is 23.0 Å². The molecule has 2 N–H and O–H groups in total. The lowest BCUT2D eigenvalue weighted by atomic mass is 10.1. The highest BCUT2D eigenvalue weighted by Gasteiger charge is 2.36. The lowest BCUT2D eigenvalue weighted by Crippen LogP contribution is -2.36. The monoisotopic (exact) mass is 603 g/mol. The molecule has 2 aliphatic rings. The van der Waals surface area contributed by atoms with Crippen LogP contribution in [0.2, 0.25) is 0 Å². The van der Waals surface area contributed by atoms with E-state index in [-0.39, 0.29) is 17.4 Å². The summed E-state index contributed by atoms with van der Waals surface area (Å²) >= 11 is 0.735. The maximum absolute atomic E-state index is 13.0. The molecule has 0 atom stereocenters. The number of aryl methyl sites for hydroxylation is 1. The Balaban J connectivity index is 1.18. The molecule has 0 radical (unpaired) electrons. The van der Waals surface area contributed by atoms with Gasteiger partial charge in [-0.1, -0.05) is 25.1 Å². The van der Waals surface area contributed by atoms with Crippen LogP contribution in [-0.2, 0) is 20.8 Å². The Hall–Kier alpha value is -4.97. The molecule has 4 amide bonds. The van der Waals surface area contributed by atoms with Crippen LogP contribution in [-0.4, -0.2) is 61.3 Å². The van der Waals surface area contributed by atoms with E-state index in [0.717, 1.165) is 23.1 Å². The van der Waals surface area contributed by atoms with Crippen molar-refractivity contribution in [2.24, 2.45) is 0 Å². The smallest absolute Gasteiger partial charge is 0.294 e. The maximum Gasteiger partial charge on any atom is 0.294 e. The molecule has 2 aliphatic heterocycles. The van der Waals surface area contributed by atoms with E-state index in [0.29, 0.717) is 53.2 Å². The molecule has 5 rings (SSSR count). The third-order valence-corrected chi connectivity index (χ3v) is 7.40. The zero-order valence-electron chi connectivity index (χ0n) is 23.5. The van der Waals surface area contributed by atoms with Crippen LogP contribution < -0.4 is 29.6 Å². The van der Waals surface area contributed by atoms with Crippen molar-refractivity contribution in [1.29, 1.82) is 0 Å². The van der Waals surface area contributed by atoms with Crippen LogP contribution in [0.3, 0.4) is 0 Å². The highest BCUT2D eigenvalue weighted by molar-refractivity contribution is 8.18. The van der Waals surface area contributed by atoms with E-state index in [2.05, 4.69) is 17.6 Å². The number of anilines is 2. The number of carbonyl (C=O) groups excluding carboxylic acids is 4. The van der Waals surface area contributed by atoms with Crippen LogP contribution in [0.4, 0.5) is 16.2 Å². The summed E-state index contributed by atoms with van der Waals surface area (Å²) in [5.74, 6) is 0.302. The predicted octanol–water partition coefficient (Wildman–Crippen LogP) is 4.72. The summed E-state index contributed by atoms with van der Waals surface area (Å²) in [7, 11) is 1.45. The Bertz CT molecular complexity index is 1590. The number of fused-ring (bicyclic) bond motifs is 1. The van der Waals surface area contributed by atoms with Crippen LogP contribution in [0.1, 0.15) is 18.1 Å². The molecule has 1 saturated heterocycles. The van der Waals surface area contributed by atoms with E-state index >= 15 is 0 Å². The molecule has 0 aliphatic carbocycles. The van der Waals surface area contributed by atoms with Gasteiger partial charge in [0, 0.05) is 17.4 Å². The average molecular weight is 604 g/mol. The second-order valence-corrected chi connectivity index (χ2v) is 10.5. The average Bonchev–Trinajstić information content (AvgIpc) is 3.27. The summed E-state index contributed by atoms with van der Waals surface area (Å²) in [6.07, 6.45) is 2.44. The first-order valence-corrected chi connectivity index (χ1v) is 14.3. The SMILES string of the molecule is CCc1ccc(NC(=O)COc2ccc(/C=C3\SC(=O)N(CC(=O)Nc4ccc5c(c4)OCCO5)C3=O)cc2OC)cc1. The topological polar surface area (TPSA) is 132 Å². The van der Waals surface area contributed by atoms with Crippen molar-refractivity contribution in [2.75, 3.05) is 44.1 Å². The van der Waals surface area contributed by atoms with Gasteiger partial charge >= 0.3 is 0 Å². The highest BCUT2D eigenvalue weighted by atomic mass is 32.2. The number of ether oxygens (including phenoxy) is 4. The van der Waals surface area contributed by atoms with E-state index in [1.807, 2.05) is 24.3 Å². The minimum absolute atomic E-state index is 0.154. The van der Waals surface area contributed by atoms with Gasteiger partial charge in [-0.2, -0.15) is 0 Å². The molecule has 1 fully saturated rings. The van der Waals surface area contributed by atoms with Gasteiger partial charge in [-0.25, -0.2) is 0 Å². The maximum atomic E-state index is 13.0. The van der Waals surface area contributed by atoms with Gasteiger partial charge in [0.05, 0.1) is 12.0 Å². The van der Waals surface area contributed by atoms with E-state index < -0.39 is 23.6 Å². The fourth-order valence-electron chi connectivity index (χ4n) is 4.31. The molecule has 12 heteroatoms. The first kappa shape index (κ1) is 29.5. The molecule has 2 heterocycles. The lowest BCUT2D eigenvalue weighted by Gasteiger charge is -2.19. The van der Waals surface area contributed by atoms with E-state index in [1.54, 1.807) is 36.4 Å². The number of hydrogen-bond donors (Lipinski definition) is 2. The predicted molar refractivity (Wildman–Crippen MR) is 162 cm³/mol. The van der Waals surface area contributed by atoms with Crippen molar-refractivity contribution in [3.05, 3.63) is 76.7 Å². The van der Waals surface area contributed by atoms with Crippen molar-refractivity contribution in [3.63, 3.8) is 0 Å². The molecule has 11 nitrogen and oxygen atoms in total. The molecule has 0 spiro atoms. The number of imide groups is 1. The van der Waals surface area contributed by atoms with Crippen LogP contribution in [0.5, 0.6) is 23.0 Å². The van der Waals surface area contributed by atoms with Crippen molar-refractivity contribution < 1.29 is 38.1 Å². The number of rotatable bonds is 10. The molecular weight excluding hydrogens is 574 g/mol. The van der Waals surface area contributed by atoms with Gasteiger partial charge in [0.1, 0.15) is 19.8 Å². The lowest BCUT2D eigenvalue weighted by molar-refractivity contribution is -0.127. The normalized spacial score (nSPS) is 14.9. The van der Waals surface area contributed by atoms with E-state index in [1.165, 1.54) is 18.7 Å². The molecule has 0 saturated carbocycles. The molecule has 3 aromatic carbocycles. The number of amides is 4. The molecular formula is C31H29N3O8S. The zero-order valence-corrected chi connectivity index (χ0v) is 24.3. The third kappa shape index (κ3) is 7.28. The van der Waals surface area contributed by atoms with E-state index in [9.17, 15) is 19.2 Å². The van der Waals surface area contributed by atoms with Gasteiger partial charge in [-0.15, -0.1) is 0 Å². The molecule has 43 heavy (non-hydrogen) atoms. The largest absolute Gasteiger partial charge is 0.493 e. The number of methoxy groups -OCH3 is 1. The number of thioether (sulfide) groups is 1. The van der Waals surface area contributed by atoms with Crippen LogP contribution in [0, 0.1) is 0 Å². The Morgan fingerprint density at radius 1 is 0.907 bits per heavy atom. The summed E-state index contributed by atoms with van der Waals surface area (Å²) in [6, 6.07) is 17.4. The summed E-state index contributed by atoms with van der Waals surface area (Å²) < 4.78 is 22.1. The first-order chi connectivity index (χ1) is 20.8. The summed E-state index contributed by atoms with van der Waals surface area (Å²) in [5, 5.41) is 4.90. The minimum atomic E-state index is -0.588. The van der Waals surface area contributed by atoms with Gasteiger partial charge in [0.15, 0.2) is 29.6 Å². The van der Waals surface area contributed by atoms with Gasteiger partial charge in [0.2, 0.25) is 5.91 Å². The Labute approximate surface area is 252 Å². The summed E-state index contributed by atoms with van der Waals surface area (Å²) in [4.78, 5) is 51.6. The minimum Gasteiger partial charge on any atom is -0.493 e. The summed E-state index contributed by atoms with van der Waals surface area (Å²) in [5.41, 5.74) is 2.86. The Morgan fingerprint density at radius 2 is 1.63 bits per heavy atom. The molecule has 0 bridgehead atoms. The number of carbonyl (C=O) groups is 4. The molecule has 0 aromatic heterocycles. The molecule has 222 valence electrons. The zero-order chi connectivity index (χ0) is 30.3. The third-order valence-electron chi connectivity index (χ3n) is 6.49. The standard InChI is InChI=1S/C31H29N3O8S/c1-3-19-4-7-21(8-5-19)32-29(36)18-42-23-10-6-20(14-25(23)39-2)15-27-30(37)34(31(38)43-27)17-28(35)33-22-9-11-24-26(16-22)41-13-12-40-24/h4-11,14-16H,3,12-13,17-18H2,1-2H3,(H,32,36)(H,33,35)/b27-15-. The highest BCUT2D eigenvalue weighted by Crippen LogP contribution is 2.35. The van der Waals surface area contributed by atoms with Gasteiger partial charge < -0.3 is 29.6 Å². The van der Waals surface area contributed by atoms with Crippen molar-refractivity contribution in [1.82, 2.24) is 4.90 Å². The second-order valence-electron chi connectivity index (χ2n) is 9.47. The van der Waals surface area contributed by atoms with Crippen LogP contribution in [0.15, 0.2) is 65.6 Å². The molecule has 0 unspecified atom stereocenters. The number of benzene rings is 3. The Kier molecular flexibility index (Phi) is 9.16. The first-order valence-electron chi connectivity index (χ1n) is 13.5.